The molecular formula is C20H24ClNO3. The molecule has 0 aliphatic carbocycles. The zero-order valence-electron chi connectivity index (χ0n) is 14.8. The van der Waals surface area contributed by atoms with Crippen molar-refractivity contribution in [2.45, 2.75) is 26.7 Å². The molecule has 0 bridgehead atoms. The van der Waals surface area contributed by atoms with Crippen molar-refractivity contribution < 1.29 is 13.9 Å². The molecule has 0 radical (unpaired) electrons. The molecule has 1 amide bonds. The maximum atomic E-state index is 13.0. The zero-order chi connectivity index (χ0) is 17.8. The Morgan fingerprint density at radius 2 is 2.00 bits per heavy atom. The van der Waals surface area contributed by atoms with Crippen LogP contribution in [-0.4, -0.2) is 37.1 Å². The highest BCUT2D eigenvalue weighted by molar-refractivity contribution is 6.33. The molecule has 134 valence electrons. The minimum absolute atomic E-state index is 0.0218. The predicted octanol–water partition coefficient (Wildman–Crippen LogP) is 4.80. The van der Waals surface area contributed by atoms with Gasteiger partial charge in [-0.25, -0.2) is 0 Å². The summed E-state index contributed by atoms with van der Waals surface area (Å²) in [5, 5.41) is 0.616. The van der Waals surface area contributed by atoms with E-state index in [1.165, 1.54) is 0 Å². The van der Waals surface area contributed by atoms with Crippen LogP contribution in [0.2, 0.25) is 5.02 Å². The molecule has 3 rings (SSSR count). The summed E-state index contributed by atoms with van der Waals surface area (Å²) < 4.78 is 11.2. The van der Waals surface area contributed by atoms with E-state index >= 15 is 0 Å². The number of halogens is 1. The average Bonchev–Trinajstić information content (AvgIpc) is 3.02. The summed E-state index contributed by atoms with van der Waals surface area (Å²) in [5.74, 6) is 1.79. The van der Waals surface area contributed by atoms with Gasteiger partial charge in [0.05, 0.1) is 10.6 Å². The smallest absolute Gasteiger partial charge is 0.257 e. The van der Waals surface area contributed by atoms with E-state index in [1.807, 2.05) is 49.1 Å². The Labute approximate surface area is 153 Å². The fourth-order valence-electron chi connectivity index (χ4n) is 3.25. The van der Waals surface area contributed by atoms with Gasteiger partial charge in [0.15, 0.2) is 0 Å². The van der Waals surface area contributed by atoms with E-state index in [9.17, 15) is 4.79 Å². The number of nitrogens with zero attached hydrogens (tertiary/aromatic N) is 1. The van der Waals surface area contributed by atoms with Crippen LogP contribution in [0.15, 0.2) is 34.7 Å². The fourth-order valence-corrected chi connectivity index (χ4v) is 3.48. The van der Waals surface area contributed by atoms with Gasteiger partial charge >= 0.3 is 0 Å². The molecule has 1 aliphatic rings. The van der Waals surface area contributed by atoms with Gasteiger partial charge in [-0.2, -0.15) is 0 Å². The molecule has 1 aliphatic heterocycles. The van der Waals surface area contributed by atoms with Gasteiger partial charge < -0.3 is 14.1 Å². The van der Waals surface area contributed by atoms with E-state index in [4.69, 9.17) is 20.8 Å². The highest BCUT2D eigenvalue weighted by atomic mass is 35.5. The number of hydrogen-bond acceptors (Lipinski definition) is 3. The van der Waals surface area contributed by atoms with Crippen LogP contribution >= 0.6 is 11.6 Å². The van der Waals surface area contributed by atoms with Crippen molar-refractivity contribution in [1.29, 1.82) is 0 Å². The first kappa shape index (κ1) is 18.0. The van der Waals surface area contributed by atoms with Crippen molar-refractivity contribution >= 4 is 17.5 Å². The number of carbonyl (C=O) groups excluding carboxylic acids is 1. The summed E-state index contributed by atoms with van der Waals surface area (Å²) in [5.41, 5.74) is 1.42. The number of ether oxygens (including phenoxy) is 1. The van der Waals surface area contributed by atoms with E-state index < -0.39 is 0 Å². The molecule has 4 nitrogen and oxygen atoms in total. The second-order valence-corrected chi connectivity index (χ2v) is 6.87. The van der Waals surface area contributed by atoms with Gasteiger partial charge in [-0.15, -0.1) is 0 Å². The third kappa shape index (κ3) is 4.07. The first-order valence-corrected chi connectivity index (χ1v) is 9.20. The lowest BCUT2D eigenvalue weighted by molar-refractivity contribution is 0.0466. The highest BCUT2D eigenvalue weighted by Crippen LogP contribution is 2.31. The SMILES string of the molecule is CCN(CC1CCOCC1)C(=O)c1cc(-c2ccccc2Cl)oc1C. The van der Waals surface area contributed by atoms with Crippen molar-refractivity contribution in [3.63, 3.8) is 0 Å². The van der Waals surface area contributed by atoms with E-state index in [0.29, 0.717) is 34.6 Å². The van der Waals surface area contributed by atoms with Gasteiger partial charge in [0.2, 0.25) is 0 Å². The van der Waals surface area contributed by atoms with Crippen LogP contribution < -0.4 is 0 Å². The summed E-state index contributed by atoms with van der Waals surface area (Å²) in [7, 11) is 0. The highest BCUT2D eigenvalue weighted by Gasteiger charge is 2.24. The molecule has 2 heterocycles. The van der Waals surface area contributed by atoms with Crippen molar-refractivity contribution in [2.24, 2.45) is 5.92 Å². The molecule has 0 N–H and O–H groups in total. The van der Waals surface area contributed by atoms with Crippen LogP contribution in [0.5, 0.6) is 0 Å². The lowest BCUT2D eigenvalue weighted by Gasteiger charge is -2.29. The number of benzene rings is 1. The lowest BCUT2D eigenvalue weighted by atomic mass is 9.99. The van der Waals surface area contributed by atoms with Gasteiger partial charge in [0, 0.05) is 31.9 Å². The quantitative estimate of drug-likeness (QED) is 0.768. The zero-order valence-corrected chi connectivity index (χ0v) is 15.5. The van der Waals surface area contributed by atoms with Crippen LogP contribution in [0.3, 0.4) is 0 Å². The molecule has 25 heavy (non-hydrogen) atoms. The molecule has 1 aromatic heterocycles. The van der Waals surface area contributed by atoms with E-state index in [0.717, 1.165) is 38.2 Å². The maximum absolute atomic E-state index is 13.0. The van der Waals surface area contributed by atoms with Crippen LogP contribution in [0.1, 0.15) is 35.9 Å². The number of rotatable bonds is 5. The Morgan fingerprint density at radius 1 is 1.28 bits per heavy atom. The maximum Gasteiger partial charge on any atom is 0.257 e. The summed E-state index contributed by atoms with van der Waals surface area (Å²) >= 11 is 6.25. The van der Waals surface area contributed by atoms with Crippen molar-refractivity contribution in [2.75, 3.05) is 26.3 Å². The van der Waals surface area contributed by atoms with Gasteiger partial charge in [-0.1, -0.05) is 23.7 Å². The molecule has 0 saturated carbocycles. The Hall–Kier alpha value is -1.78. The second-order valence-electron chi connectivity index (χ2n) is 6.46. The lowest BCUT2D eigenvalue weighted by Crippen LogP contribution is -2.37. The predicted molar refractivity (Wildman–Crippen MR) is 99.0 cm³/mol. The fraction of sp³-hybridized carbons (Fsp3) is 0.450. The second kappa shape index (κ2) is 8.07. The third-order valence-electron chi connectivity index (χ3n) is 4.78. The minimum Gasteiger partial charge on any atom is -0.460 e. The van der Waals surface area contributed by atoms with E-state index in [-0.39, 0.29) is 5.91 Å². The topological polar surface area (TPSA) is 42.7 Å². The van der Waals surface area contributed by atoms with Crippen molar-refractivity contribution in [3.8, 4) is 11.3 Å². The molecule has 5 heteroatoms. The normalized spacial score (nSPS) is 15.3. The molecule has 2 aromatic rings. The number of carbonyl (C=O) groups is 1. The number of aryl methyl sites for hydroxylation is 1. The van der Waals surface area contributed by atoms with Crippen LogP contribution in [0, 0.1) is 12.8 Å². The Morgan fingerprint density at radius 3 is 2.68 bits per heavy atom. The van der Waals surface area contributed by atoms with Gasteiger partial charge in [-0.3, -0.25) is 4.79 Å². The van der Waals surface area contributed by atoms with Gasteiger partial charge in [0.25, 0.3) is 5.91 Å². The van der Waals surface area contributed by atoms with Crippen LogP contribution in [0.4, 0.5) is 0 Å². The van der Waals surface area contributed by atoms with Crippen molar-refractivity contribution in [3.05, 3.63) is 46.7 Å². The Kier molecular flexibility index (Phi) is 5.82. The summed E-state index contributed by atoms with van der Waals surface area (Å²) in [6.45, 7) is 6.88. The molecule has 0 unspecified atom stereocenters. The van der Waals surface area contributed by atoms with Crippen molar-refractivity contribution in [1.82, 2.24) is 4.90 Å². The Bertz CT molecular complexity index is 734. The Balaban J connectivity index is 1.80. The van der Waals surface area contributed by atoms with Crippen LogP contribution in [-0.2, 0) is 4.74 Å². The van der Waals surface area contributed by atoms with Gasteiger partial charge in [-0.05, 0) is 50.8 Å². The molecule has 0 spiro atoms. The summed E-state index contributed by atoms with van der Waals surface area (Å²) in [6, 6.07) is 9.31. The van der Waals surface area contributed by atoms with E-state index in [2.05, 4.69) is 0 Å². The molecule has 0 atom stereocenters. The molecule has 1 aromatic carbocycles. The molecule has 1 saturated heterocycles. The number of furan rings is 1. The molecule has 1 fully saturated rings. The van der Waals surface area contributed by atoms with Gasteiger partial charge in [0.1, 0.15) is 11.5 Å². The summed E-state index contributed by atoms with van der Waals surface area (Å²) in [4.78, 5) is 14.9. The number of hydrogen-bond donors (Lipinski definition) is 0. The summed E-state index contributed by atoms with van der Waals surface area (Å²) in [6.07, 6.45) is 2.03. The average molecular weight is 362 g/mol. The van der Waals surface area contributed by atoms with Crippen LogP contribution in [0.25, 0.3) is 11.3 Å². The third-order valence-corrected chi connectivity index (χ3v) is 5.11. The minimum atomic E-state index is 0.0218. The number of amides is 1. The van der Waals surface area contributed by atoms with E-state index in [1.54, 1.807) is 0 Å². The monoisotopic (exact) mass is 361 g/mol. The molecular weight excluding hydrogens is 338 g/mol. The standard InChI is InChI=1S/C20H24ClNO3/c1-3-22(13-15-8-10-24-11-9-15)20(23)17-12-19(25-14(17)2)16-6-4-5-7-18(16)21/h4-7,12,15H,3,8-11,13H2,1-2H3. The first-order valence-electron chi connectivity index (χ1n) is 8.82. The largest absolute Gasteiger partial charge is 0.460 e. The first-order chi connectivity index (χ1) is 12.1.